The number of carbonyl (C=O) groups is 2. The van der Waals surface area contributed by atoms with Gasteiger partial charge in [-0.15, -0.1) is 0 Å². The highest BCUT2D eigenvalue weighted by molar-refractivity contribution is 6.74. The molecule has 0 aromatic heterocycles. The maximum atomic E-state index is 12.5. The average molecular weight is 468 g/mol. The van der Waals surface area contributed by atoms with Crippen molar-refractivity contribution in [3.8, 4) is 0 Å². The molecule has 0 fully saturated rings. The summed E-state index contributed by atoms with van der Waals surface area (Å²) in [5.74, 6) is -0.534. The number of allylic oxidation sites excluding steroid dienone is 2. The monoisotopic (exact) mass is 467 g/mol. The summed E-state index contributed by atoms with van der Waals surface area (Å²) in [5.41, 5.74) is 1.80. The van der Waals surface area contributed by atoms with Crippen molar-refractivity contribution in [2.45, 2.75) is 112 Å². The van der Waals surface area contributed by atoms with Gasteiger partial charge >= 0.3 is 5.97 Å². The summed E-state index contributed by atoms with van der Waals surface area (Å²) in [5, 5.41) is 12.2. The van der Waals surface area contributed by atoms with Gasteiger partial charge in [-0.2, -0.15) is 0 Å². The largest absolute Gasteiger partial charge is 0.480 e. The van der Waals surface area contributed by atoms with Crippen molar-refractivity contribution < 1.29 is 19.1 Å². The van der Waals surface area contributed by atoms with Crippen LogP contribution in [0.3, 0.4) is 0 Å². The Bertz CT molecular complexity index is 688. The van der Waals surface area contributed by atoms with Gasteiger partial charge in [0.1, 0.15) is 6.04 Å². The molecule has 1 amide bonds. The standard InChI is InChI=1S/C26H49NO4Si/c1-13-18(4)23(31-32(11,12)26(8,9)10)21(7)19(5)14-15-20(6)24(28)27-22(25(29)30)16-17(2)3/h13,15,17,19,21-23H,14,16H2,1-12H3,(H,27,28)(H,29,30)/b18-13+,20-15+/t19-,21-,22?,23+/m0/s1. The van der Waals surface area contributed by atoms with Crippen molar-refractivity contribution in [1.29, 1.82) is 0 Å². The van der Waals surface area contributed by atoms with Crippen LogP contribution in [0.2, 0.25) is 18.1 Å². The summed E-state index contributed by atoms with van der Waals surface area (Å²) in [6.07, 6.45) is 5.25. The molecule has 0 spiro atoms. The lowest BCUT2D eigenvalue weighted by molar-refractivity contribution is -0.141. The van der Waals surface area contributed by atoms with Crippen molar-refractivity contribution in [2.75, 3.05) is 0 Å². The first kappa shape index (κ1) is 30.6. The van der Waals surface area contributed by atoms with Gasteiger partial charge in [0, 0.05) is 5.57 Å². The second kappa shape index (κ2) is 12.7. The molecule has 4 atom stereocenters. The number of aliphatic carboxylic acids is 1. The summed E-state index contributed by atoms with van der Waals surface area (Å²) >= 11 is 0. The van der Waals surface area contributed by atoms with Gasteiger partial charge in [0.15, 0.2) is 8.32 Å². The molecule has 0 aliphatic rings. The molecular formula is C26H49NO4Si. The SMILES string of the molecule is C/C=C(\C)[C@@H](O[Si](C)(C)C(C)(C)C)[C@@H](C)[C@@H](C)C/C=C(\C)C(=O)NC(CC(C)C)C(=O)O. The summed E-state index contributed by atoms with van der Waals surface area (Å²) in [7, 11) is -1.94. The molecule has 1 unspecified atom stereocenters. The number of hydrogen-bond donors (Lipinski definition) is 2. The van der Waals surface area contributed by atoms with Crippen molar-refractivity contribution in [1.82, 2.24) is 5.32 Å². The Labute approximate surface area is 198 Å². The quantitative estimate of drug-likeness (QED) is 0.193. The molecule has 0 saturated heterocycles. The molecule has 2 N–H and O–H groups in total. The Morgan fingerprint density at radius 1 is 1.09 bits per heavy atom. The predicted molar refractivity (Wildman–Crippen MR) is 137 cm³/mol. The van der Waals surface area contributed by atoms with E-state index in [0.717, 1.165) is 6.42 Å². The van der Waals surface area contributed by atoms with E-state index in [-0.39, 0.29) is 28.9 Å². The van der Waals surface area contributed by atoms with Gasteiger partial charge in [-0.25, -0.2) is 4.79 Å². The zero-order valence-corrected chi connectivity index (χ0v) is 23.6. The van der Waals surface area contributed by atoms with Crippen LogP contribution in [0, 0.1) is 17.8 Å². The fourth-order valence-electron chi connectivity index (χ4n) is 3.21. The minimum atomic E-state index is -1.94. The zero-order chi connectivity index (χ0) is 25.4. The van der Waals surface area contributed by atoms with Gasteiger partial charge < -0.3 is 14.8 Å². The molecule has 0 radical (unpaired) electrons. The van der Waals surface area contributed by atoms with Gasteiger partial charge in [-0.1, -0.05) is 60.6 Å². The van der Waals surface area contributed by atoms with E-state index >= 15 is 0 Å². The van der Waals surface area contributed by atoms with E-state index in [4.69, 9.17) is 4.43 Å². The van der Waals surface area contributed by atoms with Crippen molar-refractivity contribution in [3.63, 3.8) is 0 Å². The van der Waals surface area contributed by atoms with Gasteiger partial charge in [0.05, 0.1) is 6.10 Å². The first-order valence-corrected chi connectivity index (χ1v) is 14.9. The lowest BCUT2D eigenvalue weighted by Gasteiger charge is -2.42. The molecule has 0 aromatic carbocycles. The Balaban J connectivity index is 5.36. The molecule has 32 heavy (non-hydrogen) atoms. The second-order valence-electron chi connectivity index (χ2n) is 11.3. The number of amides is 1. The van der Waals surface area contributed by atoms with Crippen LogP contribution in [0.5, 0.6) is 0 Å². The molecule has 0 aliphatic heterocycles. The zero-order valence-electron chi connectivity index (χ0n) is 22.6. The molecule has 5 nitrogen and oxygen atoms in total. The maximum Gasteiger partial charge on any atom is 0.326 e. The van der Waals surface area contributed by atoms with Crippen molar-refractivity contribution in [3.05, 3.63) is 23.3 Å². The smallest absolute Gasteiger partial charge is 0.326 e. The van der Waals surface area contributed by atoms with E-state index in [1.54, 1.807) is 6.92 Å². The Morgan fingerprint density at radius 3 is 2.03 bits per heavy atom. The molecule has 0 aliphatic carbocycles. The van der Waals surface area contributed by atoms with E-state index in [0.29, 0.717) is 17.9 Å². The summed E-state index contributed by atoms with van der Waals surface area (Å²) in [4.78, 5) is 24.0. The molecule has 6 heteroatoms. The minimum Gasteiger partial charge on any atom is -0.480 e. The minimum absolute atomic E-state index is 0.0425. The topological polar surface area (TPSA) is 75.6 Å². The summed E-state index contributed by atoms with van der Waals surface area (Å²) in [6.45, 7) is 25.6. The normalized spacial score (nSPS) is 17.7. The first-order chi connectivity index (χ1) is 14.4. The third kappa shape index (κ3) is 9.61. The van der Waals surface area contributed by atoms with E-state index in [9.17, 15) is 14.7 Å². The van der Waals surface area contributed by atoms with Crippen LogP contribution in [0.1, 0.15) is 82.1 Å². The summed E-state index contributed by atoms with van der Waals surface area (Å²) in [6, 6.07) is -0.859. The molecule has 0 saturated carbocycles. The van der Waals surface area contributed by atoms with Crippen LogP contribution >= 0.6 is 0 Å². The fourth-order valence-corrected chi connectivity index (χ4v) is 4.60. The van der Waals surface area contributed by atoms with Crippen LogP contribution in [-0.4, -0.2) is 37.4 Å². The van der Waals surface area contributed by atoms with Gasteiger partial charge in [-0.3, -0.25) is 4.79 Å². The van der Waals surface area contributed by atoms with Crippen molar-refractivity contribution >= 4 is 20.2 Å². The van der Waals surface area contributed by atoms with Gasteiger partial charge in [0.25, 0.3) is 0 Å². The number of nitrogens with one attached hydrogen (secondary N) is 1. The number of rotatable bonds is 12. The van der Waals surface area contributed by atoms with Gasteiger partial charge in [-0.05, 0) is 75.1 Å². The van der Waals surface area contributed by atoms with Crippen LogP contribution < -0.4 is 5.32 Å². The molecular weight excluding hydrogens is 418 g/mol. The van der Waals surface area contributed by atoms with Crippen molar-refractivity contribution in [2.24, 2.45) is 17.8 Å². The van der Waals surface area contributed by atoms with Gasteiger partial charge in [0.2, 0.25) is 5.91 Å². The fraction of sp³-hybridized carbons (Fsp3) is 0.769. The number of carbonyl (C=O) groups excluding carboxylic acids is 1. The van der Waals surface area contributed by atoms with Crippen LogP contribution in [0.15, 0.2) is 23.3 Å². The number of hydrogen-bond acceptors (Lipinski definition) is 3. The van der Waals surface area contributed by atoms with E-state index in [1.807, 2.05) is 19.9 Å². The van der Waals surface area contributed by atoms with E-state index in [2.05, 4.69) is 73.0 Å². The molecule has 0 bridgehead atoms. The third-order valence-corrected chi connectivity index (χ3v) is 11.4. The average Bonchev–Trinajstić information content (AvgIpc) is 2.66. The third-order valence-electron chi connectivity index (χ3n) is 6.97. The number of carboxylic acids is 1. The maximum absolute atomic E-state index is 12.5. The van der Waals surface area contributed by atoms with Crippen LogP contribution in [0.4, 0.5) is 0 Å². The predicted octanol–water partition coefficient (Wildman–Crippen LogP) is 6.57. The summed E-state index contributed by atoms with van der Waals surface area (Å²) < 4.78 is 6.81. The highest BCUT2D eigenvalue weighted by Crippen LogP contribution is 2.40. The lowest BCUT2D eigenvalue weighted by atomic mass is 9.85. The highest BCUT2D eigenvalue weighted by Gasteiger charge is 2.41. The van der Waals surface area contributed by atoms with Crippen LogP contribution in [-0.2, 0) is 14.0 Å². The number of carboxylic acid groups (broad SMARTS) is 1. The molecule has 0 heterocycles. The molecule has 186 valence electrons. The second-order valence-corrected chi connectivity index (χ2v) is 16.0. The van der Waals surface area contributed by atoms with E-state index < -0.39 is 20.3 Å². The Kier molecular flexibility index (Phi) is 12.2. The molecule has 0 rings (SSSR count). The molecule has 0 aromatic rings. The lowest BCUT2D eigenvalue weighted by Crippen LogP contribution is -2.46. The van der Waals surface area contributed by atoms with Crippen LogP contribution in [0.25, 0.3) is 0 Å². The Morgan fingerprint density at radius 2 is 1.62 bits per heavy atom. The first-order valence-electron chi connectivity index (χ1n) is 12.0. The van der Waals surface area contributed by atoms with E-state index in [1.165, 1.54) is 5.57 Å². The Hall–Kier alpha value is -1.40. The highest BCUT2D eigenvalue weighted by atomic mass is 28.4.